The van der Waals surface area contributed by atoms with Gasteiger partial charge in [-0.1, -0.05) is 0 Å². The molecule has 0 amide bonds. The van der Waals surface area contributed by atoms with Crippen LogP contribution in [0.15, 0.2) is 59.8 Å². The number of sulfonamides is 1. The van der Waals surface area contributed by atoms with E-state index in [0.717, 1.165) is 11.4 Å². The van der Waals surface area contributed by atoms with Crippen molar-refractivity contribution in [2.24, 2.45) is 0 Å². The molecule has 1 aromatic heterocycles. The first-order valence-electron chi connectivity index (χ1n) is 7.27. The maximum Gasteiger partial charge on any atom is 0.262 e. The van der Waals surface area contributed by atoms with Crippen molar-refractivity contribution in [2.75, 3.05) is 11.8 Å². The van der Waals surface area contributed by atoms with E-state index in [4.69, 9.17) is 4.74 Å². The van der Waals surface area contributed by atoms with E-state index in [1.807, 2.05) is 0 Å². The summed E-state index contributed by atoms with van der Waals surface area (Å²) in [7, 11) is -2.12. The lowest BCUT2D eigenvalue weighted by atomic mass is 10.2. The normalized spacial score (nSPS) is 11.2. The molecule has 0 fully saturated rings. The van der Waals surface area contributed by atoms with Crippen molar-refractivity contribution in [3.63, 3.8) is 0 Å². The molecule has 0 aliphatic heterocycles. The molecule has 0 saturated heterocycles. The van der Waals surface area contributed by atoms with Crippen molar-refractivity contribution < 1.29 is 13.2 Å². The van der Waals surface area contributed by atoms with E-state index in [2.05, 4.69) is 14.7 Å². The van der Waals surface area contributed by atoms with Crippen molar-refractivity contribution in [1.29, 1.82) is 0 Å². The highest BCUT2D eigenvalue weighted by molar-refractivity contribution is 7.92. The number of aromatic nitrogens is 2. The molecule has 7 heteroatoms. The first-order valence-corrected chi connectivity index (χ1v) is 8.75. The number of nitrogens with zero attached hydrogens (tertiary/aromatic N) is 1. The van der Waals surface area contributed by atoms with E-state index in [1.54, 1.807) is 62.8 Å². The lowest BCUT2D eigenvalue weighted by Gasteiger charge is -2.11. The zero-order valence-electron chi connectivity index (χ0n) is 13.3. The van der Waals surface area contributed by atoms with Gasteiger partial charge in [-0.05, 0) is 55.0 Å². The summed E-state index contributed by atoms with van der Waals surface area (Å²) in [6.07, 6.45) is 3.40. The predicted molar refractivity (Wildman–Crippen MR) is 92.6 cm³/mol. The van der Waals surface area contributed by atoms with Crippen LogP contribution in [-0.4, -0.2) is 25.5 Å². The summed E-state index contributed by atoms with van der Waals surface area (Å²) >= 11 is 0. The van der Waals surface area contributed by atoms with Crippen molar-refractivity contribution in [1.82, 2.24) is 9.97 Å². The fourth-order valence-electron chi connectivity index (χ4n) is 2.38. The van der Waals surface area contributed by atoms with Gasteiger partial charge < -0.3 is 9.72 Å². The molecule has 2 aromatic carbocycles. The Hall–Kier alpha value is -2.80. The van der Waals surface area contributed by atoms with E-state index in [-0.39, 0.29) is 4.90 Å². The number of hydrogen-bond donors (Lipinski definition) is 2. The Bertz CT molecular complexity index is 934. The summed E-state index contributed by atoms with van der Waals surface area (Å²) < 4.78 is 32.8. The van der Waals surface area contributed by atoms with Gasteiger partial charge >= 0.3 is 0 Å². The molecule has 3 aromatic rings. The van der Waals surface area contributed by atoms with Gasteiger partial charge in [0.25, 0.3) is 10.0 Å². The molecule has 0 bridgehead atoms. The minimum atomic E-state index is -3.66. The molecule has 0 unspecified atom stereocenters. The summed E-state index contributed by atoms with van der Waals surface area (Å²) in [6, 6.07) is 11.9. The second kappa shape index (κ2) is 6.37. The summed E-state index contributed by atoms with van der Waals surface area (Å²) in [5.41, 5.74) is 1.98. The second-order valence-corrected chi connectivity index (χ2v) is 6.90. The smallest absolute Gasteiger partial charge is 0.262 e. The van der Waals surface area contributed by atoms with E-state index < -0.39 is 10.0 Å². The van der Waals surface area contributed by atoms with E-state index >= 15 is 0 Å². The molecule has 2 N–H and O–H groups in total. The molecule has 0 saturated carbocycles. The standard InChI is InChI=1S/C17H17N3O3S/c1-12-11-15(23-2)7-8-16(12)24(21,22)20-14-5-3-13(4-6-14)17-18-9-10-19-17/h3-11,20H,1-2H3,(H,18,19). The van der Waals surface area contributed by atoms with Gasteiger partial charge in [-0.15, -0.1) is 0 Å². The fourth-order valence-corrected chi connectivity index (χ4v) is 3.67. The number of benzene rings is 2. The monoisotopic (exact) mass is 343 g/mol. The molecule has 0 aliphatic rings. The highest BCUT2D eigenvalue weighted by Gasteiger charge is 2.17. The summed E-state index contributed by atoms with van der Waals surface area (Å²) in [6.45, 7) is 1.73. The van der Waals surface area contributed by atoms with Gasteiger partial charge in [0.2, 0.25) is 0 Å². The Morgan fingerprint density at radius 1 is 1.12 bits per heavy atom. The molecule has 24 heavy (non-hydrogen) atoms. The van der Waals surface area contributed by atoms with Crippen LogP contribution in [0, 0.1) is 6.92 Å². The zero-order chi connectivity index (χ0) is 17.2. The van der Waals surface area contributed by atoms with Gasteiger partial charge in [0, 0.05) is 23.6 Å². The largest absolute Gasteiger partial charge is 0.497 e. The molecule has 3 rings (SSSR count). The van der Waals surface area contributed by atoms with Gasteiger partial charge in [0.1, 0.15) is 11.6 Å². The van der Waals surface area contributed by atoms with Gasteiger partial charge in [-0.3, -0.25) is 4.72 Å². The number of imidazole rings is 1. The summed E-state index contributed by atoms with van der Waals surface area (Å²) in [5.74, 6) is 1.35. The SMILES string of the molecule is COc1ccc(S(=O)(=O)Nc2ccc(-c3ncc[nH]3)cc2)c(C)c1. The molecule has 6 nitrogen and oxygen atoms in total. The number of rotatable bonds is 5. The van der Waals surface area contributed by atoms with Crippen LogP contribution in [0.2, 0.25) is 0 Å². The molecular formula is C17H17N3O3S. The Kier molecular flexibility index (Phi) is 4.26. The van der Waals surface area contributed by atoms with Crippen LogP contribution < -0.4 is 9.46 Å². The van der Waals surface area contributed by atoms with Crippen LogP contribution in [-0.2, 0) is 10.0 Å². The van der Waals surface area contributed by atoms with Crippen LogP contribution >= 0.6 is 0 Å². The van der Waals surface area contributed by atoms with E-state index in [9.17, 15) is 8.42 Å². The van der Waals surface area contributed by atoms with Crippen LogP contribution in [0.25, 0.3) is 11.4 Å². The Labute approximate surface area is 140 Å². The Morgan fingerprint density at radius 3 is 2.46 bits per heavy atom. The number of anilines is 1. The first kappa shape index (κ1) is 16.1. The minimum absolute atomic E-state index is 0.221. The van der Waals surface area contributed by atoms with Crippen LogP contribution in [0.4, 0.5) is 5.69 Å². The number of H-pyrrole nitrogens is 1. The minimum Gasteiger partial charge on any atom is -0.497 e. The average Bonchev–Trinajstić information content (AvgIpc) is 3.09. The van der Waals surface area contributed by atoms with E-state index in [1.165, 1.54) is 6.07 Å². The lowest BCUT2D eigenvalue weighted by molar-refractivity contribution is 0.414. The third kappa shape index (κ3) is 3.26. The van der Waals surface area contributed by atoms with Crippen molar-refractivity contribution in [3.8, 4) is 17.1 Å². The highest BCUT2D eigenvalue weighted by atomic mass is 32.2. The zero-order valence-corrected chi connectivity index (χ0v) is 14.1. The van der Waals surface area contributed by atoms with Gasteiger partial charge in [-0.2, -0.15) is 0 Å². The molecule has 0 radical (unpaired) electrons. The third-order valence-electron chi connectivity index (χ3n) is 3.58. The van der Waals surface area contributed by atoms with Crippen LogP contribution in [0.3, 0.4) is 0 Å². The quantitative estimate of drug-likeness (QED) is 0.745. The number of methoxy groups -OCH3 is 1. The summed E-state index contributed by atoms with van der Waals surface area (Å²) in [5, 5.41) is 0. The predicted octanol–water partition coefficient (Wildman–Crippen LogP) is 3.19. The van der Waals surface area contributed by atoms with Gasteiger partial charge in [-0.25, -0.2) is 13.4 Å². The van der Waals surface area contributed by atoms with Crippen molar-refractivity contribution in [2.45, 2.75) is 11.8 Å². The molecule has 1 heterocycles. The molecule has 0 spiro atoms. The molecular weight excluding hydrogens is 326 g/mol. The number of hydrogen-bond acceptors (Lipinski definition) is 4. The van der Waals surface area contributed by atoms with Crippen molar-refractivity contribution >= 4 is 15.7 Å². The topological polar surface area (TPSA) is 84.1 Å². The van der Waals surface area contributed by atoms with Gasteiger partial charge in [0.15, 0.2) is 0 Å². The van der Waals surface area contributed by atoms with E-state index in [0.29, 0.717) is 17.0 Å². The number of nitrogens with one attached hydrogen (secondary N) is 2. The average molecular weight is 343 g/mol. The molecule has 0 atom stereocenters. The van der Waals surface area contributed by atoms with Crippen molar-refractivity contribution in [3.05, 3.63) is 60.4 Å². The Morgan fingerprint density at radius 2 is 1.88 bits per heavy atom. The number of aryl methyl sites for hydroxylation is 1. The highest BCUT2D eigenvalue weighted by Crippen LogP contribution is 2.24. The Balaban J connectivity index is 1.84. The maximum absolute atomic E-state index is 12.6. The fraction of sp³-hybridized carbons (Fsp3) is 0.118. The van der Waals surface area contributed by atoms with Gasteiger partial charge in [0.05, 0.1) is 12.0 Å². The third-order valence-corrected chi connectivity index (χ3v) is 5.12. The molecule has 124 valence electrons. The number of aromatic amines is 1. The summed E-state index contributed by atoms with van der Waals surface area (Å²) in [4.78, 5) is 7.38. The van der Waals surface area contributed by atoms with Crippen LogP contribution in [0.1, 0.15) is 5.56 Å². The lowest BCUT2D eigenvalue weighted by Crippen LogP contribution is -2.14. The maximum atomic E-state index is 12.6. The molecule has 0 aliphatic carbocycles. The first-order chi connectivity index (χ1) is 11.5. The second-order valence-electron chi connectivity index (χ2n) is 5.25. The van der Waals surface area contributed by atoms with Crippen LogP contribution in [0.5, 0.6) is 5.75 Å². The number of ether oxygens (including phenoxy) is 1.